The number of carbonyl (C=O) groups is 1. The number of amides is 1. The van der Waals surface area contributed by atoms with Crippen LogP contribution in [0.4, 0.5) is 15.8 Å². The van der Waals surface area contributed by atoms with Gasteiger partial charge in [-0.1, -0.05) is 11.6 Å². The smallest absolute Gasteiger partial charge is 0.255 e. The largest absolute Gasteiger partial charge is 0.385 e. The zero-order valence-corrected chi connectivity index (χ0v) is 12.6. The lowest BCUT2D eigenvalue weighted by molar-refractivity contribution is 0.102. The maximum absolute atomic E-state index is 13.3. The van der Waals surface area contributed by atoms with Crippen LogP contribution in [0.15, 0.2) is 36.4 Å². The molecule has 0 radical (unpaired) electrons. The van der Waals surface area contributed by atoms with Crippen LogP contribution >= 0.6 is 11.6 Å². The lowest BCUT2D eigenvalue weighted by Gasteiger charge is -2.10. The molecule has 0 unspecified atom stereocenters. The maximum Gasteiger partial charge on any atom is 0.255 e. The lowest BCUT2D eigenvalue weighted by Crippen LogP contribution is -2.12. The predicted octanol–water partition coefficient (Wildman–Crippen LogP) is 4.47. The third-order valence-electron chi connectivity index (χ3n) is 3.03. The molecule has 0 saturated carbocycles. The molecule has 0 aliphatic carbocycles. The first-order valence-corrected chi connectivity index (χ1v) is 7.00. The average molecular weight is 307 g/mol. The van der Waals surface area contributed by atoms with Gasteiger partial charge in [0.25, 0.3) is 5.91 Å². The van der Waals surface area contributed by atoms with Gasteiger partial charge in [-0.15, -0.1) is 0 Å². The summed E-state index contributed by atoms with van der Waals surface area (Å²) in [6, 6.07) is 9.54. The van der Waals surface area contributed by atoms with E-state index in [1.54, 1.807) is 18.2 Å². The third-order valence-corrected chi connectivity index (χ3v) is 3.34. The van der Waals surface area contributed by atoms with Gasteiger partial charge in [0, 0.05) is 23.5 Å². The number of benzene rings is 2. The molecular weight excluding hydrogens is 291 g/mol. The van der Waals surface area contributed by atoms with Crippen LogP contribution in [0.5, 0.6) is 0 Å². The zero-order valence-electron chi connectivity index (χ0n) is 11.8. The van der Waals surface area contributed by atoms with Crippen molar-refractivity contribution >= 4 is 28.9 Å². The van der Waals surface area contributed by atoms with Gasteiger partial charge < -0.3 is 10.6 Å². The average Bonchev–Trinajstić information content (AvgIpc) is 2.45. The SMILES string of the molecule is CCNc1ccc(C(=O)Nc2ccc(Cl)c(F)c2)cc1C. The van der Waals surface area contributed by atoms with E-state index in [4.69, 9.17) is 11.6 Å². The monoisotopic (exact) mass is 306 g/mol. The van der Waals surface area contributed by atoms with Crippen LogP contribution in [0.3, 0.4) is 0 Å². The van der Waals surface area contributed by atoms with Crippen molar-refractivity contribution in [2.45, 2.75) is 13.8 Å². The second kappa shape index (κ2) is 6.59. The van der Waals surface area contributed by atoms with E-state index >= 15 is 0 Å². The Labute approximate surface area is 128 Å². The zero-order chi connectivity index (χ0) is 15.4. The molecule has 1 amide bonds. The molecule has 0 spiro atoms. The normalized spacial score (nSPS) is 10.3. The first-order valence-electron chi connectivity index (χ1n) is 6.62. The summed E-state index contributed by atoms with van der Waals surface area (Å²) in [5.41, 5.74) is 2.86. The molecule has 0 bridgehead atoms. The van der Waals surface area contributed by atoms with Crippen LogP contribution < -0.4 is 10.6 Å². The summed E-state index contributed by atoms with van der Waals surface area (Å²) in [6.45, 7) is 4.75. The van der Waals surface area contributed by atoms with Gasteiger partial charge in [0.2, 0.25) is 0 Å². The molecule has 0 fully saturated rings. The molecule has 0 aliphatic heterocycles. The number of hydrogen-bond acceptors (Lipinski definition) is 2. The van der Waals surface area contributed by atoms with E-state index in [0.29, 0.717) is 11.3 Å². The second-order valence-corrected chi connectivity index (χ2v) is 5.05. The number of carbonyl (C=O) groups excluding carboxylic acids is 1. The molecule has 0 saturated heterocycles. The summed E-state index contributed by atoms with van der Waals surface area (Å²) >= 11 is 5.61. The van der Waals surface area contributed by atoms with Crippen LogP contribution in [0, 0.1) is 12.7 Å². The molecule has 3 nitrogen and oxygen atoms in total. The molecule has 5 heteroatoms. The van der Waals surface area contributed by atoms with E-state index in [9.17, 15) is 9.18 Å². The fourth-order valence-electron chi connectivity index (χ4n) is 1.97. The molecule has 2 rings (SSSR count). The number of rotatable bonds is 4. The van der Waals surface area contributed by atoms with Crippen LogP contribution in [0.25, 0.3) is 0 Å². The Kier molecular flexibility index (Phi) is 4.81. The summed E-state index contributed by atoms with van der Waals surface area (Å²) in [5, 5.41) is 5.88. The number of anilines is 2. The summed E-state index contributed by atoms with van der Waals surface area (Å²) < 4.78 is 13.3. The highest BCUT2D eigenvalue weighted by atomic mass is 35.5. The van der Waals surface area contributed by atoms with Gasteiger partial charge in [-0.3, -0.25) is 4.79 Å². The summed E-state index contributed by atoms with van der Waals surface area (Å²) in [5.74, 6) is -0.851. The number of halogens is 2. The Morgan fingerprint density at radius 3 is 2.62 bits per heavy atom. The standard InChI is InChI=1S/C16H16ClFN2O/c1-3-19-15-7-4-11(8-10(15)2)16(21)20-12-5-6-13(17)14(18)9-12/h4-9,19H,3H2,1-2H3,(H,20,21). The fourth-order valence-corrected chi connectivity index (χ4v) is 2.09. The van der Waals surface area contributed by atoms with Gasteiger partial charge >= 0.3 is 0 Å². The molecule has 0 aliphatic rings. The number of nitrogens with one attached hydrogen (secondary N) is 2. The Hall–Kier alpha value is -2.07. The van der Waals surface area contributed by atoms with Gasteiger partial charge in [0.15, 0.2) is 0 Å². The van der Waals surface area contributed by atoms with Gasteiger partial charge in [0.1, 0.15) is 5.82 Å². The van der Waals surface area contributed by atoms with Crippen molar-refractivity contribution in [3.05, 3.63) is 58.4 Å². The Bertz CT molecular complexity index is 673. The third kappa shape index (κ3) is 3.73. The minimum Gasteiger partial charge on any atom is -0.385 e. The quantitative estimate of drug-likeness (QED) is 0.875. The van der Waals surface area contributed by atoms with E-state index < -0.39 is 5.82 Å². The molecule has 0 atom stereocenters. The topological polar surface area (TPSA) is 41.1 Å². The molecule has 110 valence electrons. The highest BCUT2D eigenvalue weighted by Crippen LogP contribution is 2.20. The molecular formula is C16H16ClFN2O. The highest BCUT2D eigenvalue weighted by Gasteiger charge is 2.09. The predicted molar refractivity (Wildman–Crippen MR) is 84.7 cm³/mol. The van der Waals surface area contributed by atoms with E-state index in [2.05, 4.69) is 10.6 Å². The molecule has 2 aromatic carbocycles. The van der Waals surface area contributed by atoms with Gasteiger partial charge in [-0.2, -0.15) is 0 Å². The van der Waals surface area contributed by atoms with Crippen molar-refractivity contribution in [2.75, 3.05) is 17.2 Å². The molecule has 2 N–H and O–H groups in total. The van der Waals surface area contributed by atoms with Gasteiger partial charge in [0.05, 0.1) is 5.02 Å². The van der Waals surface area contributed by atoms with E-state index in [1.807, 2.05) is 19.9 Å². The Morgan fingerprint density at radius 1 is 1.24 bits per heavy atom. The number of aryl methyl sites for hydroxylation is 1. The minimum absolute atomic E-state index is 0.0267. The first-order chi connectivity index (χ1) is 10.0. The van der Waals surface area contributed by atoms with Crippen molar-refractivity contribution < 1.29 is 9.18 Å². The molecule has 0 heterocycles. The van der Waals surface area contributed by atoms with Crippen LogP contribution in [-0.2, 0) is 0 Å². The van der Waals surface area contributed by atoms with Crippen LogP contribution in [0.1, 0.15) is 22.8 Å². The van der Waals surface area contributed by atoms with Crippen molar-refractivity contribution in [1.29, 1.82) is 0 Å². The van der Waals surface area contributed by atoms with Crippen LogP contribution in [-0.4, -0.2) is 12.5 Å². The molecule has 0 aromatic heterocycles. The lowest BCUT2D eigenvalue weighted by atomic mass is 10.1. The van der Waals surface area contributed by atoms with E-state index in [0.717, 1.165) is 17.8 Å². The number of hydrogen-bond donors (Lipinski definition) is 2. The van der Waals surface area contributed by atoms with Crippen molar-refractivity contribution in [2.24, 2.45) is 0 Å². The van der Waals surface area contributed by atoms with Crippen molar-refractivity contribution in [3.8, 4) is 0 Å². The first kappa shape index (κ1) is 15.3. The van der Waals surface area contributed by atoms with Gasteiger partial charge in [-0.25, -0.2) is 4.39 Å². The maximum atomic E-state index is 13.3. The minimum atomic E-state index is -0.562. The van der Waals surface area contributed by atoms with Gasteiger partial charge in [-0.05, 0) is 55.8 Å². The molecule has 2 aromatic rings. The van der Waals surface area contributed by atoms with E-state index in [1.165, 1.54) is 12.1 Å². The summed E-state index contributed by atoms with van der Waals surface area (Å²) in [4.78, 5) is 12.1. The van der Waals surface area contributed by atoms with E-state index in [-0.39, 0.29) is 10.9 Å². The summed E-state index contributed by atoms with van der Waals surface area (Å²) in [7, 11) is 0. The summed E-state index contributed by atoms with van der Waals surface area (Å²) in [6.07, 6.45) is 0. The Balaban J connectivity index is 2.16. The van der Waals surface area contributed by atoms with Crippen molar-refractivity contribution in [3.63, 3.8) is 0 Å². The Morgan fingerprint density at radius 2 is 2.00 bits per heavy atom. The van der Waals surface area contributed by atoms with Crippen LogP contribution in [0.2, 0.25) is 5.02 Å². The molecule has 21 heavy (non-hydrogen) atoms. The fraction of sp³-hybridized carbons (Fsp3) is 0.188. The second-order valence-electron chi connectivity index (χ2n) is 4.64. The van der Waals surface area contributed by atoms with Crippen molar-refractivity contribution in [1.82, 2.24) is 0 Å². The highest BCUT2D eigenvalue weighted by molar-refractivity contribution is 6.30.